The second-order valence-electron chi connectivity index (χ2n) is 4.18. The number of amides is 3. The average molecular weight is 265 g/mol. The Morgan fingerprint density at radius 3 is 2.42 bits per heavy atom. The minimum atomic E-state index is -0.587. The highest BCUT2D eigenvalue weighted by molar-refractivity contribution is 5.94. The minimum absolute atomic E-state index is 0.0805. The molecule has 0 saturated heterocycles. The van der Waals surface area contributed by atoms with Crippen LogP contribution >= 0.6 is 0 Å². The van der Waals surface area contributed by atoms with Crippen LogP contribution in [0.3, 0.4) is 0 Å². The first-order chi connectivity index (χ1) is 9.06. The SMILES string of the molecule is CC[C@@H](CO)NC(=O)c1ccc(CNC(N)=O)cc1. The summed E-state index contributed by atoms with van der Waals surface area (Å²) in [5, 5.41) is 14.2. The van der Waals surface area contributed by atoms with E-state index in [9.17, 15) is 9.59 Å². The van der Waals surface area contributed by atoms with E-state index in [0.29, 0.717) is 18.5 Å². The highest BCUT2D eigenvalue weighted by Gasteiger charge is 2.10. The highest BCUT2D eigenvalue weighted by Crippen LogP contribution is 2.05. The van der Waals surface area contributed by atoms with Crippen LogP contribution in [-0.4, -0.2) is 29.7 Å². The maximum absolute atomic E-state index is 11.8. The van der Waals surface area contributed by atoms with E-state index in [1.165, 1.54) is 0 Å². The van der Waals surface area contributed by atoms with E-state index < -0.39 is 6.03 Å². The lowest BCUT2D eigenvalue weighted by molar-refractivity contribution is 0.0915. The van der Waals surface area contributed by atoms with Crippen molar-refractivity contribution in [2.45, 2.75) is 25.9 Å². The smallest absolute Gasteiger partial charge is 0.312 e. The van der Waals surface area contributed by atoms with Gasteiger partial charge in [-0.15, -0.1) is 0 Å². The highest BCUT2D eigenvalue weighted by atomic mass is 16.3. The maximum Gasteiger partial charge on any atom is 0.312 e. The van der Waals surface area contributed by atoms with Crippen LogP contribution in [0, 0.1) is 0 Å². The van der Waals surface area contributed by atoms with Crippen molar-refractivity contribution in [3.63, 3.8) is 0 Å². The molecule has 0 heterocycles. The Kier molecular flexibility index (Phi) is 5.81. The number of rotatable bonds is 6. The summed E-state index contributed by atoms with van der Waals surface area (Å²) in [5.74, 6) is -0.227. The van der Waals surface area contributed by atoms with Crippen molar-refractivity contribution >= 4 is 11.9 Å². The largest absolute Gasteiger partial charge is 0.394 e. The third kappa shape index (κ3) is 4.97. The van der Waals surface area contributed by atoms with Gasteiger partial charge in [-0.3, -0.25) is 4.79 Å². The molecule has 0 bridgehead atoms. The summed E-state index contributed by atoms with van der Waals surface area (Å²) in [7, 11) is 0. The van der Waals surface area contributed by atoms with E-state index in [4.69, 9.17) is 10.8 Å². The number of hydrogen-bond acceptors (Lipinski definition) is 3. The number of carbonyl (C=O) groups excluding carboxylic acids is 2. The van der Waals surface area contributed by atoms with Crippen molar-refractivity contribution in [3.05, 3.63) is 35.4 Å². The van der Waals surface area contributed by atoms with Crippen LogP contribution in [0.2, 0.25) is 0 Å². The van der Waals surface area contributed by atoms with E-state index in [-0.39, 0.29) is 18.6 Å². The van der Waals surface area contributed by atoms with Gasteiger partial charge in [0.15, 0.2) is 0 Å². The van der Waals surface area contributed by atoms with E-state index in [1.54, 1.807) is 24.3 Å². The molecule has 1 rings (SSSR count). The van der Waals surface area contributed by atoms with Crippen LogP contribution in [0.1, 0.15) is 29.3 Å². The fraction of sp³-hybridized carbons (Fsp3) is 0.385. The first-order valence-corrected chi connectivity index (χ1v) is 6.10. The molecule has 0 unspecified atom stereocenters. The number of hydrogen-bond donors (Lipinski definition) is 4. The maximum atomic E-state index is 11.8. The first kappa shape index (κ1) is 15.0. The van der Waals surface area contributed by atoms with Gasteiger partial charge in [0.1, 0.15) is 0 Å². The van der Waals surface area contributed by atoms with Gasteiger partial charge in [-0.25, -0.2) is 4.79 Å². The molecule has 0 aromatic heterocycles. The first-order valence-electron chi connectivity index (χ1n) is 6.10. The van der Waals surface area contributed by atoms with E-state index in [2.05, 4.69) is 10.6 Å². The molecule has 0 spiro atoms. The molecule has 5 N–H and O–H groups in total. The Labute approximate surface area is 112 Å². The van der Waals surface area contributed by atoms with Gasteiger partial charge in [0.05, 0.1) is 12.6 Å². The number of aliphatic hydroxyl groups is 1. The zero-order valence-electron chi connectivity index (χ0n) is 10.8. The van der Waals surface area contributed by atoms with Gasteiger partial charge in [0.2, 0.25) is 0 Å². The molecule has 0 aliphatic carbocycles. The zero-order chi connectivity index (χ0) is 14.3. The van der Waals surface area contributed by atoms with Gasteiger partial charge in [0.25, 0.3) is 5.91 Å². The molecular formula is C13H19N3O3. The number of primary amides is 1. The number of nitrogens with two attached hydrogens (primary N) is 1. The standard InChI is InChI=1S/C13H19N3O3/c1-2-11(8-17)16-12(18)10-5-3-9(4-6-10)7-15-13(14)19/h3-6,11,17H,2,7-8H2,1H3,(H,16,18)(H3,14,15,19)/t11-/m0/s1. The quantitative estimate of drug-likeness (QED) is 0.596. The number of benzene rings is 1. The van der Waals surface area contributed by atoms with E-state index in [1.807, 2.05) is 6.92 Å². The Balaban J connectivity index is 2.60. The van der Waals surface area contributed by atoms with Crippen molar-refractivity contribution in [1.82, 2.24) is 10.6 Å². The fourth-order valence-corrected chi connectivity index (χ4v) is 1.51. The van der Waals surface area contributed by atoms with Crippen LogP contribution in [0.5, 0.6) is 0 Å². The monoisotopic (exact) mass is 265 g/mol. The van der Waals surface area contributed by atoms with Gasteiger partial charge in [-0.1, -0.05) is 19.1 Å². The molecule has 1 aromatic carbocycles. The molecule has 104 valence electrons. The molecule has 0 aliphatic heterocycles. The Bertz CT molecular complexity index is 427. The lowest BCUT2D eigenvalue weighted by atomic mass is 10.1. The van der Waals surface area contributed by atoms with Crippen LogP contribution in [0.15, 0.2) is 24.3 Å². The molecule has 0 saturated carbocycles. The fourth-order valence-electron chi connectivity index (χ4n) is 1.51. The Hall–Kier alpha value is -2.08. The van der Waals surface area contributed by atoms with Crippen LogP contribution < -0.4 is 16.4 Å². The number of carbonyl (C=O) groups is 2. The molecule has 6 nitrogen and oxygen atoms in total. The Morgan fingerprint density at radius 2 is 1.95 bits per heavy atom. The van der Waals surface area contributed by atoms with Gasteiger partial charge in [-0.05, 0) is 24.1 Å². The van der Waals surface area contributed by atoms with Crippen molar-refractivity contribution in [2.24, 2.45) is 5.73 Å². The zero-order valence-corrected chi connectivity index (χ0v) is 10.8. The van der Waals surface area contributed by atoms with Gasteiger partial charge in [0, 0.05) is 12.1 Å². The molecule has 0 fully saturated rings. The van der Waals surface area contributed by atoms with Crippen molar-refractivity contribution in [2.75, 3.05) is 6.61 Å². The van der Waals surface area contributed by atoms with E-state index >= 15 is 0 Å². The van der Waals surface area contributed by atoms with Crippen molar-refractivity contribution < 1.29 is 14.7 Å². The number of urea groups is 1. The number of aliphatic hydroxyl groups excluding tert-OH is 1. The molecule has 0 aliphatic rings. The van der Waals surface area contributed by atoms with Crippen molar-refractivity contribution in [1.29, 1.82) is 0 Å². The molecule has 6 heteroatoms. The van der Waals surface area contributed by atoms with Crippen molar-refractivity contribution in [3.8, 4) is 0 Å². The lowest BCUT2D eigenvalue weighted by Crippen LogP contribution is -2.36. The third-order valence-corrected chi connectivity index (χ3v) is 2.73. The summed E-state index contributed by atoms with van der Waals surface area (Å²) >= 11 is 0. The third-order valence-electron chi connectivity index (χ3n) is 2.73. The predicted molar refractivity (Wildman–Crippen MR) is 71.5 cm³/mol. The summed E-state index contributed by atoms with van der Waals surface area (Å²) in [4.78, 5) is 22.4. The lowest BCUT2D eigenvalue weighted by Gasteiger charge is -2.14. The predicted octanol–water partition coefficient (Wildman–Crippen LogP) is 0.356. The molecule has 1 aromatic rings. The summed E-state index contributed by atoms with van der Waals surface area (Å²) in [5.41, 5.74) is 6.33. The summed E-state index contributed by atoms with van der Waals surface area (Å²) in [6.07, 6.45) is 0.669. The van der Waals surface area contributed by atoms with Crippen LogP contribution in [-0.2, 0) is 6.54 Å². The van der Waals surface area contributed by atoms with Gasteiger partial charge in [-0.2, -0.15) is 0 Å². The summed E-state index contributed by atoms with van der Waals surface area (Å²) < 4.78 is 0. The molecule has 19 heavy (non-hydrogen) atoms. The molecule has 1 atom stereocenters. The van der Waals surface area contributed by atoms with Crippen LogP contribution in [0.25, 0.3) is 0 Å². The average Bonchev–Trinajstić information content (AvgIpc) is 2.42. The number of nitrogens with one attached hydrogen (secondary N) is 2. The second kappa shape index (κ2) is 7.38. The summed E-state index contributed by atoms with van der Waals surface area (Å²) in [6, 6.07) is 5.99. The molecular weight excluding hydrogens is 246 g/mol. The van der Waals surface area contributed by atoms with Gasteiger partial charge < -0.3 is 21.5 Å². The topological polar surface area (TPSA) is 104 Å². The van der Waals surface area contributed by atoms with E-state index in [0.717, 1.165) is 5.56 Å². The summed E-state index contributed by atoms with van der Waals surface area (Å²) in [6.45, 7) is 2.13. The molecule has 3 amide bonds. The van der Waals surface area contributed by atoms with Gasteiger partial charge >= 0.3 is 6.03 Å². The second-order valence-corrected chi connectivity index (χ2v) is 4.18. The van der Waals surface area contributed by atoms with Crippen LogP contribution in [0.4, 0.5) is 4.79 Å². The Morgan fingerprint density at radius 1 is 1.32 bits per heavy atom. The normalized spacial score (nSPS) is 11.7. The minimum Gasteiger partial charge on any atom is -0.394 e. The molecule has 0 radical (unpaired) electrons.